The molecule has 0 bridgehead atoms. The van der Waals surface area contributed by atoms with Crippen molar-refractivity contribution >= 4 is 29.2 Å². The average Bonchev–Trinajstić information content (AvgIpc) is 2.64. The fourth-order valence-corrected chi connectivity index (χ4v) is 4.00. The number of methoxy groups -OCH3 is 1. The van der Waals surface area contributed by atoms with Gasteiger partial charge in [-0.05, 0) is 55.8 Å². The Balaban J connectivity index is 2.03. The average molecular weight is 394 g/mol. The number of rotatable bonds is 5. The van der Waals surface area contributed by atoms with Gasteiger partial charge in [-0.3, -0.25) is 9.69 Å². The third-order valence-corrected chi connectivity index (χ3v) is 5.51. The van der Waals surface area contributed by atoms with Crippen LogP contribution in [0.2, 0.25) is 10.0 Å². The highest BCUT2D eigenvalue weighted by Gasteiger charge is 2.32. The molecule has 2 aromatic carbocycles. The van der Waals surface area contributed by atoms with E-state index in [2.05, 4.69) is 4.90 Å². The zero-order chi connectivity index (χ0) is 18.7. The summed E-state index contributed by atoms with van der Waals surface area (Å²) in [4.78, 5) is 13.6. The summed E-state index contributed by atoms with van der Waals surface area (Å²) in [6.45, 7) is 1.34. The Labute approximate surface area is 163 Å². The van der Waals surface area contributed by atoms with E-state index in [1.165, 1.54) is 0 Å². The van der Waals surface area contributed by atoms with Crippen molar-refractivity contribution in [3.63, 3.8) is 0 Å². The number of piperidine rings is 1. The van der Waals surface area contributed by atoms with Gasteiger partial charge in [0.25, 0.3) is 0 Å². The van der Waals surface area contributed by atoms with E-state index >= 15 is 0 Å². The molecule has 1 aliphatic rings. The summed E-state index contributed by atoms with van der Waals surface area (Å²) in [6.07, 6.45) is 1.22. The van der Waals surface area contributed by atoms with E-state index in [1.807, 2.05) is 36.4 Å². The molecule has 0 spiro atoms. The van der Waals surface area contributed by atoms with Crippen molar-refractivity contribution in [2.75, 3.05) is 20.2 Å². The van der Waals surface area contributed by atoms with Gasteiger partial charge in [0.05, 0.1) is 19.1 Å². The molecule has 1 fully saturated rings. The number of halogens is 2. The lowest BCUT2D eigenvalue weighted by Gasteiger charge is -2.38. The van der Waals surface area contributed by atoms with Crippen LogP contribution in [0.5, 0.6) is 5.75 Å². The number of carboxylic acids is 1. The quantitative estimate of drug-likeness (QED) is 0.785. The SMILES string of the molecule is COc1ccc(Cl)cc1C(c1ccccc1Cl)N1CCC(C(=O)O)CC1. The Kier molecular flexibility index (Phi) is 6.07. The van der Waals surface area contributed by atoms with Crippen LogP contribution in [0.4, 0.5) is 0 Å². The van der Waals surface area contributed by atoms with Crippen LogP contribution >= 0.6 is 23.2 Å². The number of hydrogen-bond acceptors (Lipinski definition) is 3. The van der Waals surface area contributed by atoms with Crippen molar-refractivity contribution in [2.24, 2.45) is 5.92 Å². The maximum Gasteiger partial charge on any atom is 0.306 e. The molecule has 1 N–H and O–H groups in total. The van der Waals surface area contributed by atoms with Crippen LogP contribution in [0.3, 0.4) is 0 Å². The normalized spacial score (nSPS) is 17.0. The van der Waals surface area contributed by atoms with Crippen LogP contribution in [0.1, 0.15) is 30.0 Å². The first-order valence-corrected chi connectivity index (χ1v) is 9.31. The Bertz CT molecular complexity index is 788. The summed E-state index contributed by atoms with van der Waals surface area (Å²) in [6, 6.07) is 13.1. The van der Waals surface area contributed by atoms with E-state index < -0.39 is 5.97 Å². The Morgan fingerprint density at radius 3 is 2.46 bits per heavy atom. The van der Waals surface area contributed by atoms with Crippen LogP contribution in [0, 0.1) is 5.92 Å². The molecule has 0 amide bonds. The second-order valence-electron chi connectivity index (χ2n) is 6.46. The van der Waals surface area contributed by atoms with E-state index in [9.17, 15) is 9.90 Å². The van der Waals surface area contributed by atoms with Crippen LogP contribution in [-0.2, 0) is 4.79 Å². The molecule has 0 saturated carbocycles. The van der Waals surface area contributed by atoms with Crippen LogP contribution in [-0.4, -0.2) is 36.2 Å². The molecular weight excluding hydrogens is 373 g/mol. The van der Waals surface area contributed by atoms with Crippen molar-refractivity contribution in [1.82, 2.24) is 4.90 Å². The molecule has 4 nitrogen and oxygen atoms in total. The highest BCUT2D eigenvalue weighted by Crippen LogP contribution is 2.40. The number of ether oxygens (including phenoxy) is 1. The number of carbonyl (C=O) groups is 1. The number of hydrogen-bond donors (Lipinski definition) is 1. The van der Waals surface area contributed by atoms with Crippen molar-refractivity contribution in [3.05, 3.63) is 63.6 Å². The van der Waals surface area contributed by atoms with Crippen molar-refractivity contribution in [1.29, 1.82) is 0 Å². The number of nitrogens with zero attached hydrogens (tertiary/aromatic N) is 1. The number of benzene rings is 2. The molecule has 1 heterocycles. The zero-order valence-electron chi connectivity index (χ0n) is 14.5. The molecule has 0 aromatic heterocycles. The van der Waals surface area contributed by atoms with E-state index in [1.54, 1.807) is 13.2 Å². The minimum absolute atomic E-state index is 0.146. The fourth-order valence-electron chi connectivity index (χ4n) is 3.58. The van der Waals surface area contributed by atoms with Gasteiger partial charge in [0, 0.05) is 15.6 Å². The highest BCUT2D eigenvalue weighted by molar-refractivity contribution is 6.31. The molecule has 3 rings (SSSR count). The van der Waals surface area contributed by atoms with Crippen LogP contribution in [0.25, 0.3) is 0 Å². The molecule has 1 unspecified atom stereocenters. The highest BCUT2D eigenvalue weighted by atomic mass is 35.5. The van der Waals surface area contributed by atoms with Crippen molar-refractivity contribution < 1.29 is 14.6 Å². The minimum atomic E-state index is -0.723. The lowest BCUT2D eigenvalue weighted by atomic mass is 9.91. The van der Waals surface area contributed by atoms with Gasteiger partial charge >= 0.3 is 5.97 Å². The molecule has 138 valence electrons. The molecule has 26 heavy (non-hydrogen) atoms. The Morgan fingerprint density at radius 2 is 1.85 bits per heavy atom. The number of likely N-dealkylation sites (tertiary alicyclic amines) is 1. The van der Waals surface area contributed by atoms with Crippen LogP contribution < -0.4 is 4.74 Å². The maximum atomic E-state index is 11.3. The fraction of sp³-hybridized carbons (Fsp3) is 0.350. The van der Waals surface area contributed by atoms with Gasteiger partial charge in [-0.25, -0.2) is 0 Å². The largest absolute Gasteiger partial charge is 0.496 e. The summed E-state index contributed by atoms with van der Waals surface area (Å²) in [5.41, 5.74) is 1.89. The molecule has 1 saturated heterocycles. The smallest absolute Gasteiger partial charge is 0.306 e. The summed E-state index contributed by atoms with van der Waals surface area (Å²) >= 11 is 12.8. The zero-order valence-corrected chi connectivity index (χ0v) is 16.0. The topological polar surface area (TPSA) is 49.8 Å². The van der Waals surface area contributed by atoms with E-state index in [0.717, 1.165) is 16.9 Å². The first kappa shape index (κ1) is 19.0. The van der Waals surface area contributed by atoms with Gasteiger partial charge in [-0.1, -0.05) is 41.4 Å². The summed E-state index contributed by atoms with van der Waals surface area (Å²) in [5.74, 6) is -0.279. The Hall–Kier alpha value is -1.75. The lowest BCUT2D eigenvalue weighted by molar-refractivity contribution is -0.143. The van der Waals surface area contributed by atoms with E-state index in [0.29, 0.717) is 36.0 Å². The van der Waals surface area contributed by atoms with Gasteiger partial charge in [-0.15, -0.1) is 0 Å². The summed E-state index contributed by atoms with van der Waals surface area (Å²) in [7, 11) is 1.63. The lowest BCUT2D eigenvalue weighted by Crippen LogP contribution is -2.39. The standard InChI is InChI=1S/C20H21Cl2NO3/c1-26-18-7-6-14(21)12-16(18)19(15-4-2-3-5-17(15)22)23-10-8-13(9-11-23)20(24)25/h2-7,12-13,19H,8-11H2,1H3,(H,24,25). The monoisotopic (exact) mass is 393 g/mol. The first-order chi connectivity index (χ1) is 12.5. The van der Waals surface area contributed by atoms with Gasteiger partial charge in [-0.2, -0.15) is 0 Å². The second-order valence-corrected chi connectivity index (χ2v) is 7.30. The predicted octanol–water partition coefficient (Wildman–Crippen LogP) is 4.89. The molecule has 0 radical (unpaired) electrons. The first-order valence-electron chi connectivity index (χ1n) is 8.56. The number of carboxylic acid groups (broad SMARTS) is 1. The molecule has 2 aromatic rings. The molecule has 1 atom stereocenters. The molecule has 1 aliphatic heterocycles. The minimum Gasteiger partial charge on any atom is -0.496 e. The van der Waals surface area contributed by atoms with Gasteiger partial charge in [0.1, 0.15) is 5.75 Å². The third-order valence-electron chi connectivity index (χ3n) is 4.93. The predicted molar refractivity (Wildman–Crippen MR) is 103 cm³/mol. The maximum absolute atomic E-state index is 11.3. The summed E-state index contributed by atoms with van der Waals surface area (Å²) in [5, 5.41) is 10.6. The molecule has 0 aliphatic carbocycles. The van der Waals surface area contributed by atoms with E-state index in [4.69, 9.17) is 27.9 Å². The van der Waals surface area contributed by atoms with Gasteiger partial charge < -0.3 is 9.84 Å². The van der Waals surface area contributed by atoms with Gasteiger partial charge in [0.15, 0.2) is 0 Å². The third kappa shape index (κ3) is 3.98. The Morgan fingerprint density at radius 1 is 1.15 bits per heavy atom. The summed E-state index contributed by atoms with van der Waals surface area (Å²) < 4.78 is 5.57. The van der Waals surface area contributed by atoms with Gasteiger partial charge in [0.2, 0.25) is 0 Å². The van der Waals surface area contributed by atoms with E-state index in [-0.39, 0.29) is 12.0 Å². The van der Waals surface area contributed by atoms with Crippen molar-refractivity contribution in [3.8, 4) is 5.75 Å². The number of aliphatic carboxylic acids is 1. The van der Waals surface area contributed by atoms with Crippen LogP contribution in [0.15, 0.2) is 42.5 Å². The molecular formula is C20H21Cl2NO3. The second kappa shape index (κ2) is 8.30. The van der Waals surface area contributed by atoms with Crippen molar-refractivity contribution in [2.45, 2.75) is 18.9 Å². The molecule has 6 heteroatoms.